The Bertz CT molecular complexity index is 638. The van der Waals surface area contributed by atoms with Gasteiger partial charge in [-0.3, -0.25) is 4.79 Å². The van der Waals surface area contributed by atoms with Crippen molar-refractivity contribution in [1.82, 2.24) is 5.32 Å². The number of hydrogen-bond acceptors (Lipinski definition) is 3. The molecule has 4 nitrogen and oxygen atoms in total. The van der Waals surface area contributed by atoms with Gasteiger partial charge in [0.1, 0.15) is 11.5 Å². The maximum atomic E-state index is 11.4. The number of carbonyl (C=O) groups excluding carboxylic acids is 1. The van der Waals surface area contributed by atoms with E-state index in [1.165, 1.54) is 5.56 Å². The van der Waals surface area contributed by atoms with Gasteiger partial charge in [0.2, 0.25) is 0 Å². The first kappa shape index (κ1) is 15.1. The molecule has 0 aliphatic carbocycles. The number of carbonyl (C=O) groups is 1. The number of aryl methyl sites for hydroxylation is 1. The van der Waals surface area contributed by atoms with E-state index in [4.69, 9.17) is 10.5 Å². The van der Waals surface area contributed by atoms with E-state index in [1.807, 2.05) is 31.2 Å². The van der Waals surface area contributed by atoms with Gasteiger partial charge in [-0.05, 0) is 48.9 Å². The summed E-state index contributed by atoms with van der Waals surface area (Å²) in [5.41, 5.74) is 8.10. The highest BCUT2D eigenvalue weighted by Crippen LogP contribution is 2.26. The third kappa shape index (κ3) is 3.83. The molecule has 0 bridgehead atoms. The maximum Gasteiger partial charge on any atom is 0.252 e. The molecule has 0 saturated heterocycles. The van der Waals surface area contributed by atoms with Crippen LogP contribution in [-0.4, -0.2) is 12.5 Å². The summed E-state index contributed by atoms with van der Waals surface area (Å²) in [6, 6.07) is 12.9. The molecular weight excluding hydrogens is 264 g/mol. The topological polar surface area (TPSA) is 64.3 Å². The van der Waals surface area contributed by atoms with Crippen molar-refractivity contribution in [3.63, 3.8) is 0 Å². The molecule has 4 heteroatoms. The second-order valence-corrected chi connectivity index (χ2v) is 4.83. The fraction of sp³-hybridized carbons (Fsp3) is 0.235. The molecule has 0 saturated carbocycles. The molecule has 1 amide bonds. The molecule has 0 atom stereocenters. The Morgan fingerprint density at radius 3 is 2.67 bits per heavy atom. The SMILES string of the molecule is CCNCc1ccc(Oc2ccccc2C(N)=O)cc1C. The summed E-state index contributed by atoms with van der Waals surface area (Å²) in [5, 5.41) is 3.30. The molecule has 2 aromatic rings. The number of nitrogens with one attached hydrogen (secondary N) is 1. The molecule has 0 radical (unpaired) electrons. The minimum atomic E-state index is -0.494. The molecular formula is C17H20N2O2. The zero-order valence-electron chi connectivity index (χ0n) is 12.3. The fourth-order valence-electron chi connectivity index (χ4n) is 2.08. The van der Waals surface area contributed by atoms with Crippen LogP contribution in [0.15, 0.2) is 42.5 Å². The Labute approximate surface area is 124 Å². The summed E-state index contributed by atoms with van der Waals surface area (Å²) in [6.07, 6.45) is 0. The minimum Gasteiger partial charge on any atom is -0.457 e. The molecule has 0 spiro atoms. The zero-order valence-corrected chi connectivity index (χ0v) is 12.3. The molecule has 0 fully saturated rings. The molecule has 2 rings (SSSR count). The van der Waals surface area contributed by atoms with Crippen molar-refractivity contribution in [2.24, 2.45) is 5.73 Å². The Kier molecular flexibility index (Phi) is 4.95. The Hall–Kier alpha value is -2.33. The van der Waals surface area contributed by atoms with Gasteiger partial charge >= 0.3 is 0 Å². The van der Waals surface area contributed by atoms with Gasteiger partial charge in [0, 0.05) is 6.54 Å². The number of rotatable bonds is 6. The van der Waals surface area contributed by atoms with Crippen molar-refractivity contribution < 1.29 is 9.53 Å². The summed E-state index contributed by atoms with van der Waals surface area (Å²) in [6.45, 7) is 5.89. The highest BCUT2D eigenvalue weighted by molar-refractivity contribution is 5.95. The average Bonchev–Trinajstić information content (AvgIpc) is 2.47. The van der Waals surface area contributed by atoms with Crippen molar-refractivity contribution in [3.8, 4) is 11.5 Å². The summed E-state index contributed by atoms with van der Waals surface area (Å²) in [5.74, 6) is 0.677. The summed E-state index contributed by atoms with van der Waals surface area (Å²) >= 11 is 0. The van der Waals surface area contributed by atoms with E-state index in [0.717, 1.165) is 18.7 Å². The molecule has 0 aliphatic heterocycles. The highest BCUT2D eigenvalue weighted by atomic mass is 16.5. The summed E-state index contributed by atoms with van der Waals surface area (Å²) in [7, 11) is 0. The standard InChI is InChI=1S/C17H20N2O2/c1-3-19-11-13-8-9-14(10-12(13)2)21-16-7-5-4-6-15(16)17(18)20/h4-10,19H,3,11H2,1-2H3,(H2,18,20). The van der Waals surface area contributed by atoms with E-state index in [9.17, 15) is 4.79 Å². The van der Waals surface area contributed by atoms with E-state index in [1.54, 1.807) is 18.2 Å². The first-order chi connectivity index (χ1) is 10.1. The van der Waals surface area contributed by atoms with E-state index >= 15 is 0 Å². The van der Waals surface area contributed by atoms with Crippen molar-refractivity contribution in [1.29, 1.82) is 0 Å². The van der Waals surface area contributed by atoms with Gasteiger partial charge in [0.15, 0.2) is 0 Å². The first-order valence-electron chi connectivity index (χ1n) is 6.98. The second-order valence-electron chi connectivity index (χ2n) is 4.83. The smallest absolute Gasteiger partial charge is 0.252 e. The zero-order chi connectivity index (χ0) is 15.2. The van der Waals surface area contributed by atoms with Crippen LogP contribution in [0.5, 0.6) is 11.5 Å². The number of hydrogen-bond donors (Lipinski definition) is 2. The minimum absolute atomic E-state index is 0.381. The van der Waals surface area contributed by atoms with Crippen LogP contribution in [0.25, 0.3) is 0 Å². The number of para-hydroxylation sites is 1. The molecule has 3 N–H and O–H groups in total. The maximum absolute atomic E-state index is 11.4. The Morgan fingerprint density at radius 1 is 1.24 bits per heavy atom. The van der Waals surface area contributed by atoms with E-state index in [2.05, 4.69) is 12.2 Å². The quantitative estimate of drug-likeness (QED) is 0.857. The molecule has 0 heterocycles. The lowest BCUT2D eigenvalue weighted by molar-refractivity contribution is 0.0998. The number of nitrogens with two attached hydrogens (primary N) is 1. The summed E-state index contributed by atoms with van der Waals surface area (Å²) in [4.78, 5) is 11.4. The van der Waals surface area contributed by atoms with Crippen molar-refractivity contribution in [2.75, 3.05) is 6.54 Å². The van der Waals surface area contributed by atoms with E-state index in [-0.39, 0.29) is 0 Å². The van der Waals surface area contributed by atoms with Gasteiger partial charge in [0.25, 0.3) is 5.91 Å². The van der Waals surface area contributed by atoms with Crippen LogP contribution in [-0.2, 0) is 6.54 Å². The first-order valence-corrected chi connectivity index (χ1v) is 6.98. The lowest BCUT2D eigenvalue weighted by Crippen LogP contribution is -2.13. The van der Waals surface area contributed by atoms with Crippen LogP contribution in [0.1, 0.15) is 28.4 Å². The van der Waals surface area contributed by atoms with Gasteiger partial charge in [-0.25, -0.2) is 0 Å². The lowest BCUT2D eigenvalue weighted by atomic mass is 10.1. The number of ether oxygens (including phenoxy) is 1. The van der Waals surface area contributed by atoms with Crippen LogP contribution < -0.4 is 15.8 Å². The van der Waals surface area contributed by atoms with Gasteiger partial charge in [-0.2, -0.15) is 0 Å². The van der Waals surface area contributed by atoms with Crippen molar-refractivity contribution >= 4 is 5.91 Å². The molecule has 2 aromatic carbocycles. The van der Waals surface area contributed by atoms with Crippen LogP contribution in [0.3, 0.4) is 0 Å². The lowest BCUT2D eigenvalue weighted by Gasteiger charge is -2.12. The third-order valence-corrected chi connectivity index (χ3v) is 3.26. The van der Waals surface area contributed by atoms with Gasteiger partial charge in [-0.1, -0.05) is 25.1 Å². The molecule has 0 unspecified atom stereocenters. The van der Waals surface area contributed by atoms with Crippen LogP contribution in [0.2, 0.25) is 0 Å². The second kappa shape index (κ2) is 6.90. The molecule has 0 aromatic heterocycles. The normalized spacial score (nSPS) is 10.4. The van der Waals surface area contributed by atoms with Gasteiger partial charge in [-0.15, -0.1) is 0 Å². The van der Waals surface area contributed by atoms with Gasteiger partial charge < -0.3 is 15.8 Å². The van der Waals surface area contributed by atoms with Gasteiger partial charge in [0.05, 0.1) is 5.56 Å². The molecule has 110 valence electrons. The fourth-order valence-corrected chi connectivity index (χ4v) is 2.08. The van der Waals surface area contributed by atoms with E-state index in [0.29, 0.717) is 17.1 Å². The number of benzene rings is 2. The van der Waals surface area contributed by atoms with Crippen LogP contribution in [0, 0.1) is 6.92 Å². The van der Waals surface area contributed by atoms with Crippen LogP contribution in [0.4, 0.5) is 0 Å². The average molecular weight is 284 g/mol. The van der Waals surface area contributed by atoms with Crippen molar-refractivity contribution in [2.45, 2.75) is 20.4 Å². The highest BCUT2D eigenvalue weighted by Gasteiger charge is 2.09. The summed E-state index contributed by atoms with van der Waals surface area (Å²) < 4.78 is 5.79. The largest absolute Gasteiger partial charge is 0.457 e. The van der Waals surface area contributed by atoms with Crippen molar-refractivity contribution in [3.05, 3.63) is 59.2 Å². The molecule has 0 aliphatic rings. The monoisotopic (exact) mass is 284 g/mol. The van der Waals surface area contributed by atoms with Crippen LogP contribution >= 0.6 is 0 Å². The third-order valence-electron chi connectivity index (χ3n) is 3.26. The Balaban J connectivity index is 2.21. The predicted octanol–water partition coefficient (Wildman–Crippen LogP) is 3.00. The Morgan fingerprint density at radius 2 is 2.00 bits per heavy atom. The van der Waals surface area contributed by atoms with E-state index < -0.39 is 5.91 Å². The number of amides is 1. The number of primary amides is 1. The molecule has 21 heavy (non-hydrogen) atoms. The predicted molar refractivity (Wildman–Crippen MR) is 83.6 cm³/mol.